The van der Waals surface area contributed by atoms with Crippen LogP contribution in [0.5, 0.6) is 0 Å². The van der Waals surface area contributed by atoms with Crippen molar-refractivity contribution < 1.29 is 18.0 Å². The van der Waals surface area contributed by atoms with Crippen LogP contribution in [0.4, 0.5) is 13.2 Å². The first kappa shape index (κ1) is 18.3. The first-order chi connectivity index (χ1) is 11.8. The maximum absolute atomic E-state index is 12.5. The molecule has 6 heteroatoms. The highest BCUT2D eigenvalue weighted by Crippen LogP contribution is 2.29. The Balaban J connectivity index is 2.14. The minimum absolute atomic E-state index is 0.178. The van der Waals surface area contributed by atoms with Gasteiger partial charge in [0.1, 0.15) is 11.6 Å². The van der Waals surface area contributed by atoms with Gasteiger partial charge in [-0.05, 0) is 36.3 Å². The van der Waals surface area contributed by atoms with Gasteiger partial charge in [-0.1, -0.05) is 42.5 Å². The summed E-state index contributed by atoms with van der Waals surface area (Å²) in [6.45, 7) is 1.78. The summed E-state index contributed by atoms with van der Waals surface area (Å²) >= 11 is 0. The molecule has 0 unspecified atom stereocenters. The highest BCUT2D eigenvalue weighted by Gasteiger charge is 2.29. The molecule has 0 spiro atoms. The van der Waals surface area contributed by atoms with E-state index in [9.17, 15) is 18.0 Å². The normalized spacial score (nSPS) is 13.0. The lowest BCUT2D eigenvalue weighted by molar-refractivity contribution is -0.137. The van der Waals surface area contributed by atoms with Gasteiger partial charge in [0.05, 0.1) is 11.6 Å². The van der Waals surface area contributed by atoms with E-state index in [4.69, 9.17) is 5.26 Å². The van der Waals surface area contributed by atoms with Crippen molar-refractivity contribution in [3.05, 3.63) is 76.9 Å². The second-order valence-corrected chi connectivity index (χ2v) is 5.40. The van der Waals surface area contributed by atoms with Crippen LogP contribution in [0.2, 0.25) is 0 Å². The van der Waals surface area contributed by atoms with E-state index in [0.717, 1.165) is 17.7 Å². The number of hydrogen-bond donors (Lipinski definition) is 1. The average molecular weight is 344 g/mol. The average Bonchev–Trinajstić information content (AvgIpc) is 2.60. The number of nitriles is 1. The van der Waals surface area contributed by atoms with E-state index in [1.807, 2.05) is 30.3 Å². The maximum atomic E-state index is 12.5. The Bertz CT molecular complexity index is 803. The summed E-state index contributed by atoms with van der Waals surface area (Å²) < 4.78 is 37.6. The molecule has 0 saturated heterocycles. The molecular weight excluding hydrogens is 329 g/mol. The maximum Gasteiger partial charge on any atom is 0.416 e. The monoisotopic (exact) mass is 344 g/mol. The van der Waals surface area contributed by atoms with Crippen molar-refractivity contribution in [2.75, 3.05) is 0 Å². The Kier molecular flexibility index (Phi) is 5.60. The van der Waals surface area contributed by atoms with E-state index in [2.05, 4.69) is 5.32 Å². The minimum atomic E-state index is -4.43. The van der Waals surface area contributed by atoms with Crippen molar-refractivity contribution in [1.29, 1.82) is 5.26 Å². The molecule has 0 radical (unpaired) electrons. The summed E-state index contributed by atoms with van der Waals surface area (Å²) in [6.07, 6.45) is -3.17. The van der Waals surface area contributed by atoms with Crippen LogP contribution in [0.3, 0.4) is 0 Å². The summed E-state index contributed by atoms with van der Waals surface area (Å²) in [4.78, 5) is 12.2. The Morgan fingerprint density at radius 1 is 1.12 bits per heavy atom. The molecule has 25 heavy (non-hydrogen) atoms. The van der Waals surface area contributed by atoms with E-state index in [1.54, 1.807) is 13.0 Å². The highest BCUT2D eigenvalue weighted by atomic mass is 19.4. The highest BCUT2D eigenvalue weighted by molar-refractivity contribution is 6.01. The number of carbonyl (C=O) groups is 1. The minimum Gasteiger partial charge on any atom is -0.345 e. The smallest absolute Gasteiger partial charge is 0.345 e. The molecule has 1 atom stereocenters. The van der Waals surface area contributed by atoms with Crippen LogP contribution in [0.25, 0.3) is 6.08 Å². The molecule has 0 fully saturated rings. The van der Waals surface area contributed by atoms with Crippen molar-refractivity contribution in [1.82, 2.24) is 5.32 Å². The quantitative estimate of drug-likeness (QED) is 0.656. The lowest BCUT2D eigenvalue weighted by atomic mass is 10.1. The number of nitrogens with zero attached hydrogens (tertiary/aromatic N) is 1. The SMILES string of the molecule is C[C@H](NC(=O)/C(C#N)=C\c1ccc(C(F)(F)F)cc1)c1ccccc1. The molecule has 0 aliphatic carbocycles. The van der Waals surface area contributed by atoms with Gasteiger partial charge >= 0.3 is 6.18 Å². The van der Waals surface area contributed by atoms with Gasteiger partial charge in [-0.15, -0.1) is 0 Å². The second-order valence-electron chi connectivity index (χ2n) is 5.40. The number of carbonyl (C=O) groups excluding carboxylic acids is 1. The van der Waals surface area contributed by atoms with Gasteiger partial charge in [0, 0.05) is 0 Å². The van der Waals surface area contributed by atoms with Gasteiger partial charge in [-0.2, -0.15) is 18.4 Å². The second kappa shape index (κ2) is 7.67. The fourth-order valence-corrected chi connectivity index (χ4v) is 2.18. The lowest BCUT2D eigenvalue weighted by Gasteiger charge is -2.13. The molecule has 2 aromatic rings. The predicted octanol–water partition coefficient (Wildman–Crippen LogP) is 4.49. The molecule has 1 amide bonds. The van der Waals surface area contributed by atoms with Gasteiger partial charge in [-0.3, -0.25) is 4.79 Å². The van der Waals surface area contributed by atoms with Crippen LogP contribution >= 0.6 is 0 Å². The predicted molar refractivity (Wildman–Crippen MR) is 88.0 cm³/mol. The molecule has 2 rings (SSSR count). The third-order valence-corrected chi connectivity index (χ3v) is 3.56. The zero-order valence-electron chi connectivity index (χ0n) is 13.3. The summed E-state index contributed by atoms with van der Waals surface area (Å²) in [5, 5.41) is 11.9. The zero-order chi connectivity index (χ0) is 18.4. The number of alkyl halides is 3. The van der Waals surface area contributed by atoms with Gasteiger partial charge in [0.25, 0.3) is 5.91 Å². The molecule has 0 aromatic heterocycles. The van der Waals surface area contributed by atoms with E-state index < -0.39 is 17.6 Å². The van der Waals surface area contributed by atoms with Crippen LogP contribution in [-0.2, 0) is 11.0 Å². The summed E-state index contributed by atoms with van der Waals surface area (Å²) in [5.41, 5.74) is 0.252. The van der Waals surface area contributed by atoms with Crippen molar-refractivity contribution in [2.45, 2.75) is 19.1 Å². The van der Waals surface area contributed by atoms with Crippen molar-refractivity contribution in [2.24, 2.45) is 0 Å². The molecule has 0 saturated carbocycles. The van der Waals surface area contributed by atoms with Crippen molar-refractivity contribution >= 4 is 12.0 Å². The number of benzene rings is 2. The van der Waals surface area contributed by atoms with Crippen LogP contribution in [-0.4, -0.2) is 5.91 Å². The fraction of sp³-hybridized carbons (Fsp3) is 0.158. The number of nitrogens with one attached hydrogen (secondary N) is 1. The summed E-state index contributed by atoms with van der Waals surface area (Å²) in [7, 11) is 0. The standard InChI is InChI=1S/C19H15F3N2O/c1-13(15-5-3-2-4-6-15)24-18(25)16(12-23)11-14-7-9-17(10-8-14)19(20,21)22/h2-11,13H,1H3,(H,24,25)/b16-11-/t13-/m0/s1. The van der Waals surface area contributed by atoms with Crippen LogP contribution in [0, 0.1) is 11.3 Å². The van der Waals surface area contributed by atoms with E-state index in [1.165, 1.54) is 18.2 Å². The Hall–Kier alpha value is -3.07. The Labute approximate surface area is 143 Å². The number of rotatable bonds is 4. The zero-order valence-corrected chi connectivity index (χ0v) is 13.3. The van der Waals surface area contributed by atoms with E-state index in [-0.39, 0.29) is 11.6 Å². The van der Waals surface area contributed by atoms with E-state index in [0.29, 0.717) is 5.56 Å². The first-order valence-electron chi connectivity index (χ1n) is 7.46. The first-order valence-corrected chi connectivity index (χ1v) is 7.46. The molecule has 3 nitrogen and oxygen atoms in total. The molecule has 1 N–H and O–H groups in total. The van der Waals surface area contributed by atoms with Gasteiger partial charge in [-0.25, -0.2) is 0 Å². The van der Waals surface area contributed by atoms with Gasteiger partial charge in [0.15, 0.2) is 0 Å². The Morgan fingerprint density at radius 2 is 1.72 bits per heavy atom. The van der Waals surface area contributed by atoms with Crippen LogP contribution in [0.1, 0.15) is 29.7 Å². The number of halogens is 3. The number of amides is 1. The molecule has 0 aliphatic heterocycles. The van der Waals surface area contributed by atoms with E-state index >= 15 is 0 Å². The largest absolute Gasteiger partial charge is 0.416 e. The molecule has 128 valence electrons. The third-order valence-electron chi connectivity index (χ3n) is 3.56. The molecule has 0 heterocycles. The Morgan fingerprint density at radius 3 is 2.24 bits per heavy atom. The summed E-state index contributed by atoms with van der Waals surface area (Å²) in [5.74, 6) is -0.584. The fourth-order valence-electron chi connectivity index (χ4n) is 2.18. The van der Waals surface area contributed by atoms with Crippen molar-refractivity contribution in [3.63, 3.8) is 0 Å². The number of hydrogen-bond acceptors (Lipinski definition) is 2. The molecule has 0 bridgehead atoms. The summed E-state index contributed by atoms with van der Waals surface area (Å²) in [6, 6.07) is 14.9. The van der Waals surface area contributed by atoms with Crippen LogP contribution in [0.15, 0.2) is 60.2 Å². The topological polar surface area (TPSA) is 52.9 Å². The van der Waals surface area contributed by atoms with Crippen LogP contribution < -0.4 is 5.32 Å². The molecular formula is C19H15F3N2O. The lowest BCUT2D eigenvalue weighted by Crippen LogP contribution is -2.27. The van der Waals surface area contributed by atoms with Crippen molar-refractivity contribution in [3.8, 4) is 6.07 Å². The van der Waals surface area contributed by atoms with Gasteiger partial charge in [0.2, 0.25) is 0 Å². The third kappa shape index (κ3) is 4.95. The molecule has 0 aliphatic rings. The van der Waals surface area contributed by atoms with Gasteiger partial charge < -0.3 is 5.32 Å². The molecule has 2 aromatic carbocycles.